The number of hydrogen-bond acceptors (Lipinski definition) is 3. The summed E-state index contributed by atoms with van der Waals surface area (Å²) >= 11 is 0. The molecule has 56 heavy (non-hydrogen) atoms. The number of nitrogens with zero attached hydrogens (tertiary/aromatic N) is 4. The molecule has 2 atom stereocenters. The van der Waals surface area contributed by atoms with E-state index in [9.17, 15) is 0 Å². The van der Waals surface area contributed by atoms with E-state index in [-0.39, 0.29) is 12.0 Å². The molecule has 0 N–H and O–H groups in total. The predicted molar refractivity (Wildman–Crippen MR) is 231 cm³/mol. The van der Waals surface area contributed by atoms with E-state index in [2.05, 4.69) is 192 Å². The highest BCUT2D eigenvalue weighted by molar-refractivity contribution is 5.93. The van der Waals surface area contributed by atoms with E-state index < -0.39 is 0 Å². The first-order valence-corrected chi connectivity index (χ1v) is 19.5. The molecule has 0 saturated carbocycles. The number of para-hydroxylation sites is 1. The monoisotopic (exact) mass is 718 g/mol. The Morgan fingerprint density at radius 2 is 1.18 bits per heavy atom. The number of aromatic nitrogens is 3. The number of anilines is 2. The first-order valence-electron chi connectivity index (χ1n) is 19.5. The lowest BCUT2D eigenvalue weighted by molar-refractivity contribution is 0.745. The normalized spacial score (nSPS) is 16.5. The van der Waals surface area contributed by atoms with Crippen LogP contribution in [0.5, 0.6) is 0 Å². The molecule has 4 nitrogen and oxygen atoms in total. The molecule has 2 aliphatic carbocycles. The molecular formula is C52H38N4. The molecule has 3 aliphatic rings. The number of rotatable bonds is 6. The zero-order valence-electron chi connectivity index (χ0n) is 30.8. The van der Waals surface area contributed by atoms with E-state index in [1.54, 1.807) is 0 Å². The highest BCUT2D eigenvalue weighted by Gasteiger charge is 2.37. The summed E-state index contributed by atoms with van der Waals surface area (Å²) in [6, 6.07) is 56.7. The summed E-state index contributed by atoms with van der Waals surface area (Å²) in [7, 11) is 0. The maximum absolute atomic E-state index is 5.08. The molecule has 0 amide bonds. The minimum atomic E-state index is 0.197. The molecule has 8 aromatic rings. The predicted octanol–water partition coefficient (Wildman–Crippen LogP) is 12.8. The van der Waals surface area contributed by atoms with Crippen LogP contribution in [0.15, 0.2) is 188 Å². The second-order valence-electron chi connectivity index (χ2n) is 14.9. The van der Waals surface area contributed by atoms with Gasteiger partial charge >= 0.3 is 0 Å². The average Bonchev–Trinajstić information content (AvgIpc) is 3.80. The van der Waals surface area contributed by atoms with E-state index in [0.29, 0.717) is 5.82 Å². The Morgan fingerprint density at radius 3 is 1.93 bits per heavy atom. The molecule has 0 fully saturated rings. The van der Waals surface area contributed by atoms with Gasteiger partial charge in [0.2, 0.25) is 0 Å². The molecule has 2 unspecified atom stereocenters. The highest BCUT2D eigenvalue weighted by atomic mass is 15.2. The van der Waals surface area contributed by atoms with Gasteiger partial charge in [-0.05, 0) is 84.1 Å². The van der Waals surface area contributed by atoms with Gasteiger partial charge in [0, 0.05) is 56.3 Å². The van der Waals surface area contributed by atoms with Gasteiger partial charge in [0.05, 0.1) is 22.9 Å². The zero-order valence-corrected chi connectivity index (χ0v) is 30.8. The van der Waals surface area contributed by atoms with Crippen molar-refractivity contribution in [1.29, 1.82) is 0 Å². The van der Waals surface area contributed by atoms with Crippen molar-refractivity contribution in [2.75, 3.05) is 4.90 Å². The van der Waals surface area contributed by atoms with Crippen LogP contribution in [0.1, 0.15) is 29.2 Å². The molecule has 1 aliphatic heterocycles. The molecule has 0 spiro atoms. The van der Waals surface area contributed by atoms with E-state index in [1.165, 1.54) is 50.2 Å². The molecule has 2 aromatic heterocycles. The van der Waals surface area contributed by atoms with Crippen LogP contribution in [0.2, 0.25) is 0 Å². The Kier molecular flexibility index (Phi) is 7.73. The van der Waals surface area contributed by atoms with Crippen molar-refractivity contribution < 1.29 is 0 Å². The summed E-state index contributed by atoms with van der Waals surface area (Å²) in [4.78, 5) is 12.7. The van der Waals surface area contributed by atoms with Crippen LogP contribution in [-0.2, 0) is 6.42 Å². The Hall–Kier alpha value is -7.04. The van der Waals surface area contributed by atoms with Crippen LogP contribution in [0.4, 0.5) is 11.4 Å². The van der Waals surface area contributed by atoms with E-state index in [0.717, 1.165) is 46.6 Å². The van der Waals surface area contributed by atoms with Crippen molar-refractivity contribution >= 4 is 28.4 Å². The second kappa shape index (κ2) is 13.4. The second-order valence-corrected chi connectivity index (χ2v) is 14.9. The van der Waals surface area contributed by atoms with Crippen LogP contribution in [0.3, 0.4) is 0 Å². The average molecular weight is 719 g/mol. The van der Waals surface area contributed by atoms with Crippen LogP contribution < -0.4 is 4.90 Å². The van der Waals surface area contributed by atoms with E-state index in [4.69, 9.17) is 9.97 Å². The van der Waals surface area contributed by atoms with Gasteiger partial charge in [-0.2, -0.15) is 0 Å². The first-order chi connectivity index (χ1) is 27.8. The SMILES string of the molecule is C1=CC2c3ccc(-c4ccc(-n5c6c(c7ccccc75)C=CCC6)cc4)cc3N(c3ccc(-c4nc(-c5ccccc5)cc(-c5ccccc5)n4)cc3)C2C=C1. The topological polar surface area (TPSA) is 34.0 Å². The van der Waals surface area contributed by atoms with Crippen molar-refractivity contribution in [3.8, 4) is 50.7 Å². The quantitative estimate of drug-likeness (QED) is 0.172. The number of allylic oxidation sites excluding steroid dienone is 3. The van der Waals surface area contributed by atoms with Crippen LogP contribution in [0.25, 0.3) is 67.7 Å². The van der Waals surface area contributed by atoms with Gasteiger partial charge in [-0.15, -0.1) is 0 Å². The van der Waals surface area contributed by atoms with Crippen molar-refractivity contribution in [3.05, 3.63) is 205 Å². The minimum absolute atomic E-state index is 0.197. The first kappa shape index (κ1) is 32.4. The van der Waals surface area contributed by atoms with Gasteiger partial charge in [-0.1, -0.05) is 140 Å². The van der Waals surface area contributed by atoms with Gasteiger partial charge in [0.15, 0.2) is 5.82 Å². The summed E-state index contributed by atoms with van der Waals surface area (Å²) in [6.07, 6.45) is 15.8. The number of hydrogen-bond donors (Lipinski definition) is 0. The lowest BCUT2D eigenvalue weighted by atomic mass is 9.90. The summed E-state index contributed by atoms with van der Waals surface area (Å²) in [5.74, 6) is 1.00. The van der Waals surface area contributed by atoms with E-state index >= 15 is 0 Å². The van der Waals surface area contributed by atoms with Gasteiger partial charge in [0.1, 0.15) is 0 Å². The van der Waals surface area contributed by atoms with Gasteiger partial charge in [-0.25, -0.2) is 9.97 Å². The molecular weight excluding hydrogens is 681 g/mol. The summed E-state index contributed by atoms with van der Waals surface area (Å²) in [5.41, 5.74) is 16.4. The Labute approximate surface area is 327 Å². The molecule has 266 valence electrons. The molecule has 3 heterocycles. The molecule has 0 radical (unpaired) electrons. The van der Waals surface area contributed by atoms with Crippen molar-refractivity contribution in [3.63, 3.8) is 0 Å². The van der Waals surface area contributed by atoms with Crippen LogP contribution in [-0.4, -0.2) is 20.6 Å². The lowest BCUT2D eigenvalue weighted by Crippen LogP contribution is -2.28. The maximum atomic E-state index is 5.08. The number of benzene rings is 6. The standard InChI is InChI=1S/C52H38N4/c1-3-13-36(14-4-1)46-34-47(37-15-5-2-6-16-37)54-52(53-46)38-25-30-41(31-26-38)56-50-22-12-9-19-44(50)45-32-27-39(33-51(45)56)35-23-28-40(29-24-35)55-48-20-10-7-17-42(48)43-18-8-11-21-49(43)55/h1-10,12-20,22-34,44,50H,11,21H2. The Bertz CT molecular complexity index is 2790. The van der Waals surface area contributed by atoms with E-state index in [1.807, 2.05) is 12.1 Å². The third kappa shape index (κ3) is 5.45. The fourth-order valence-corrected chi connectivity index (χ4v) is 8.95. The van der Waals surface area contributed by atoms with Crippen LogP contribution >= 0.6 is 0 Å². The highest BCUT2D eigenvalue weighted by Crippen LogP contribution is 2.49. The molecule has 0 saturated heterocycles. The third-order valence-electron chi connectivity index (χ3n) is 11.6. The molecule has 11 rings (SSSR count). The Balaban J connectivity index is 0.950. The van der Waals surface area contributed by atoms with Crippen molar-refractivity contribution in [2.45, 2.75) is 24.8 Å². The zero-order chi connectivity index (χ0) is 37.0. The fourth-order valence-electron chi connectivity index (χ4n) is 8.95. The summed E-state index contributed by atoms with van der Waals surface area (Å²) < 4.78 is 2.46. The van der Waals surface area contributed by atoms with Gasteiger partial charge in [-0.3, -0.25) is 0 Å². The van der Waals surface area contributed by atoms with Crippen molar-refractivity contribution in [1.82, 2.24) is 14.5 Å². The Morgan fingerprint density at radius 1 is 0.536 bits per heavy atom. The van der Waals surface area contributed by atoms with Gasteiger partial charge in [0.25, 0.3) is 0 Å². The maximum Gasteiger partial charge on any atom is 0.160 e. The van der Waals surface area contributed by atoms with Gasteiger partial charge < -0.3 is 9.47 Å². The third-order valence-corrected chi connectivity index (χ3v) is 11.6. The fraction of sp³-hybridized carbons (Fsp3) is 0.0769. The number of fused-ring (bicyclic) bond motifs is 6. The minimum Gasteiger partial charge on any atom is -0.333 e. The summed E-state index contributed by atoms with van der Waals surface area (Å²) in [5, 5.41) is 1.32. The van der Waals surface area contributed by atoms with Crippen molar-refractivity contribution in [2.24, 2.45) is 0 Å². The van der Waals surface area contributed by atoms with Crippen LogP contribution in [0, 0.1) is 0 Å². The lowest BCUT2D eigenvalue weighted by Gasteiger charge is -2.29. The molecule has 0 bridgehead atoms. The largest absolute Gasteiger partial charge is 0.333 e. The smallest absolute Gasteiger partial charge is 0.160 e. The summed E-state index contributed by atoms with van der Waals surface area (Å²) in [6.45, 7) is 0. The molecule has 4 heteroatoms. The molecule has 6 aromatic carbocycles.